The van der Waals surface area contributed by atoms with Crippen molar-refractivity contribution in [3.05, 3.63) is 119 Å². The standard InChI is InChI=1S/C25H23N2O2/c1-28-22-11-7-20(8-12-22)25(21-9-13-23(29-2)14-10-21)19-5-3-18(4-6-19)17-24-26-15-16-27-24/h3-16H,17H2,1-2H3,(H,26,27). The van der Waals surface area contributed by atoms with E-state index in [0.717, 1.165) is 40.4 Å². The summed E-state index contributed by atoms with van der Waals surface area (Å²) in [6, 6.07) is 25.0. The maximum atomic E-state index is 5.32. The van der Waals surface area contributed by atoms with E-state index in [-0.39, 0.29) is 0 Å². The Hall–Kier alpha value is -3.53. The molecule has 4 heteroatoms. The first-order chi connectivity index (χ1) is 14.3. The lowest BCUT2D eigenvalue weighted by molar-refractivity contribution is 0.414. The number of hydrogen-bond donors (Lipinski definition) is 1. The van der Waals surface area contributed by atoms with Crippen LogP contribution < -0.4 is 9.47 Å². The molecule has 0 unspecified atom stereocenters. The van der Waals surface area contributed by atoms with Gasteiger partial charge in [-0.15, -0.1) is 0 Å². The first-order valence-corrected chi connectivity index (χ1v) is 9.50. The molecule has 29 heavy (non-hydrogen) atoms. The van der Waals surface area contributed by atoms with E-state index >= 15 is 0 Å². The SMILES string of the molecule is COc1ccc([C](c2ccc(Cc3ncc[nH]3)cc2)c2ccc(OC)cc2)cc1. The Kier molecular flexibility index (Phi) is 5.61. The fourth-order valence-corrected chi connectivity index (χ4v) is 3.39. The topological polar surface area (TPSA) is 47.1 Å². The van der Waals surface area contributed by atoms with Crippen LogP contribution in [0.5, 0.6) is 11.5 Å². The maximum absolute atomic E-state index is 5.32. The molecule has 0 fully saturated rings. The van der Waals surface area contributed by atoms with Gasteiger partial charge in [-0.1, -0.05) is 48.5 Å². The Morgan fingerprint density at radius 1 is 0.724 bits per heavy atom. The van der Waals surface area contributed by atoms with E-state index in [1.54, 1.807) is 20.4 Å². The third-order valence-electron chi connectivity index (χ3n) is 4.93. The molecule has 0 saturated carbocycles. The average molecular weight is 383 g/mol. The highest BCUT2D eigenvalue weighted by Crippen LogP contribution is 2.33. The third kappa shape index (κ3) is 4.32. The van der Waals surface area contributed by atoms with Crippen LogP contribution in [-0.2, 0) is 6.42 Å². The van der Waals surface area contributed by atoms with Crippen molar-refractivity contribution in [3.8, 4) is 11.5 Å². The fourth-order valence-electron chi connectivity index (χ4n) is 3.39. The van der Waals surface area contributed by atoms with Gasteiger partial charge in [-0.3, -0.25) is 0 Å². The van der Waals surface area contributed by atoms with Crippen molar-refractivity contribution < 1.29 is 9.47 Å². The molecule has 0 aliphatic heterocycles. The molecule has 145 valence electrons. The average Bonchev–Trinajstić information content (AvgIpc) is 3.29. The van der Waals surface area contributed by atoms with Crippen molar-refractivity contribution in [2.24, 2.45) is 0 Å². The van der Waals surface area contributed by atoms with Gasteiger partial charge in [-0.05, 0) is 46.5 Å². The summed E-state index contributed by atoms with van der Waals surface area (Å²) >= 11 is 0. The van der Waals surface area contributed by atoms with Crippen molar-refractivity contribution >= 4 is 0 Å². The predicted octanol–water partition coefficient (Wildman–Crippen LogP) is 5.04. The number of imidazole rings is 1. The van der Waals surface area contributed by atoms with Crippen LogP contribution in [0.1, 0.15) is 28.1 Å². The maximum Gasteiger partial charge on any atom is 0.118 e. The summed E-state index contributed by atoms with van der Waals surface area (Å²) in [5, 5.41) is 0. The van der Waals surface area contributed by atoms with E-state index in [4.69, 9.17) is 9.47 Å². The van der Waals surface area contributed by atoms with E-state index in [1.807, 2.05) is 30.5 Å². The lowest BCUT2D eigenvalue weighted by Gasteiger charge is -2.19. The number of nitrogens with zero attached hydrogens (tertiary/aromatic N) is 1. The Bertz CT molecular complexity index is 974. The molecule has 3 aromatic carbocycles. The lowest BCUT2D eigenvalue weighted by atomic mass is 9.84. The molecule has 4 rings (SSSR count). The van der Waals surface area contributed by atoms with Gasteiger partial charge in [0.1, 0.15) is 17.3 Å². The Morgan fingerprint density at radius 2 is 1.21 bits per heavy atom. The summed E-state index contributed by atoms with van der Waals surface area (Å²) in [6.45, 7) is 0. The molecule has 1 heterocycles. The van der Waals surface area contributed by atoms with Gasteiger partial charge in [0.25, 0.3) is 0 Å². The van der Waals surface area contributed by atoms with E-state index in [0.29, 0.717) is 0 Å². The molecule has 0 amide bonds. The second-order valence-corrected chi connectivity index (χ2v) is 6.74. The second kappa shape index (κ2) is 8.65. The van der Waals surface area contributed by atoms with E-state index in [1.165, 1.54) is 11.5 Å². The first-order valence-electron chi connectivity index (χ1n) is 9.50. The molecular formula is C25H23N2O2. The van der Waals surface area contributed by atoms with E-state index in [9.17, 15) is 0 Å². The summed E-state index contributed by atoms with van der Waals surface area (Å²) in [5.74, 6) is 3.82. The minimum atomic E-state index is 0.785. The zero-order valence-corrected chi connectivity index (χ0v) is 16.6. The van der Waals surface area contributed by atoms with Crippen LogP contribution in [0.15, 0.2) is 85.2 Å². The Morgan fingerprint density at radius 3 is 1.62 bits per heavy atom. The predicted molar refractivity (Wildman–Crippen MR) is 114 cm³/mol. The van der Waals surface area contributed by atoms with Crippen molar-refractivity contribution in [2.75, 3.05) is 14.2 Å². The number of rotatable bonds is 7. The Balaban J connectivity index is 1.68. The second-order valence-electron chi connectivity index (χ2n) is 6.74. The van der Waals surface area contributed by atoms with Gasteiger partial charge in [0, 0.05) is 18.8 Å². The minimum absolute atomic E-state index is 0.785. The number of benzene rings is 3. The van der Waals surface area contributed by atoms with Crippen LogP contribution in [0.4, 0.5) is 0 Å². The molecule has 0 spiro atoms. The van der Waals surface area contributed by atoms with Crippen LogP contribution in [0.3, 0.4) is 0 Å². The number of ether oxygens (including phenoxy) is 2. The smallest absolute Gasteiger partial charge is 0.118 e. The summed E-state index contributed by atoms with van der Waals surface area (Å²) < 4.78 is 10.6. The summed E-state index contributed by atoms with van der Waals surface area (Å²) in [7, 11) is 3.36. The molecule has 0 aliphatic carbocycles. The molecule has 1 aromatic heterocycles. The quantitative estimate of drug-likeness (QED) is 0.455. The lowest BCUT2D eigenvalue weighted by Crippen LogP contribution is -2.05. The van der Waals surface area contributed by atoms with Gasteiger partial charge in [0.15, 0.2) is 0 Å². The van der Waals surface area contributed by atoms with Crippen molar-refractivity contribution in [1.29, 1.82) is 0 Å². The first kappa shape index (κ1) is 18.8. The molecule has 0 saturated heterocycles. The monoisotopic (exact) mass is 383 g/mol. The number of aromatic nitrogens is 2. The molecule has 1 radical (unpaired) electrons. The molecule has 1 N–H and O–H groups in total. The van der Waals surface area contributed by atoms with Crippen LogP contribution in [0, 0.1) is 5.92 Å². The van der Waals surface area contributed by atoms with Gasteiger partial charge in [0.2, 0.25) is 0 Å². The van der Waals surface area contributed by atoms with Crippen LogP contribution in [-0.4, -0.2) is 24.2 Å². The number of nitrogens with one attached hydrogen (secondary N) is 1. The highest BCUT2D eigenvalue weighted by molar-refractivity contribution is 5.58. The van der Waals surface area contributed by atoms with Crippen LogP contribution in [0.25, 0.3) is 0 Å². The van der Waals surface area contributed by atoms with E-state index < -0.39 is 0 Å². The molecule has 0 aliphatic rings. The zero-order chi connectivity index (χ0) is 20.1. The molecule has 0 atom stereocenters. The normalized spacial score (nSPS) is 10.9. The molecule has 0 bridgehead atoms. The molecule has 4 nitrogen and oxygen atoms in total. The van der Waals surface area contributed by atoms with Gasteiger partial charge < -0.3 is 14.5 Å². The Labute approximate surface area is 171 Å². The fraction of sp³-hybridized carbons (Fsp3) is 0.120. The summed E-state index contributed by atoms with van der Waals surface area (Å²) in [4.78, 5) is 7.47. The number of H-pyrrole nitrogens is 1. The summed E-state index contributed by atoms with van der Waals surface area (Å²) in [5.41, 5.74) is 4.64. The van der Waals surface area contributed by atoms with E-state index in [2.05, 4.69) is 58.5 Å². The largest absolute Gasteiger partial charge is 0.497 e. The number of hydrogen-bond acceptors (Lipinski definition) is 3. The molecular weight excluding hydrogens is 360 g/mol. The van der Waals surface area contributed by atoms with Crippen LogP contribution >= 0.6 is 0 Å². The van der Waals surface area contributed by atoms with Gasteiger partial charge >= 0.3 is 0 Å². The number of methoxy groups -OCH3 is 2. The van der Waals surface area contributed by atoms with Crippen LogP contribution in [0.2, 0.25) is 0 Å². The zero-order valence-electron chi connectivity index (χ0n) is 16.6. The number of aromatic amines is 1. The van der Waals surface area contributed by atoms with Gasteiger partial charge in [-0.25, -0.2) is 4.98 Å². The summed E-state index contributed by atoms with van der Waals surface area (Å²) in [6.07, 6.45) is 4.42. The van der Waals surface area contributed by atoms with Crippen molar-refractivity contribution in [2.45, 2.75) is 6.42 Å². The molecule has 4 aromatic rings. The highest BCUT2D eigenvalue weighted by Gasteiger charge is 2.18. The highest BCUT2D eigenvalue weighted by atomic mass is 16.5. The van der Waals surface area contributed by atoms with Gasteiger partial charge in [-0.2, -0.15) is 0 Å². The van der Waals surface area contributed by atoms with Crippen molar-refractivity contribution in [1.82, 2.24) is 9.97 Å². The third-order valence-corrected chi connectivity index (χ3v) is 4.93. The van der Waals surface area contributed by atoms with Gasteiger partial charge in [0.05, 0.1) is 20.1 Å². The minimum Gasteiger partial charge on any atom is -0.497 e. The van der Waals surface area contributed by atoms with Crippen molar-refractivity contribution in [3.63, 3.8) is 0 Å².